The summed E-state index contributed by atoms with van der Waals surface area (Å²) >= 11 is 1.59. The van der Waals surface area contributed by atoms with Crippen LogP contribution in [0.15, 0.2) is 24.3 Å². The molecular formula is C16H19NO2S. The summed E-state index contributed by atoms with van der Waals surface area (Å²) in [6, 6.07) is 7.38. The van der Waals surface area contributed by atoms with E-state index in [1.54, 1.807) is 11.3 Å². The Kier molecular flexibility index (Phi) is 4.90. The molecule has 0 bridgehead atoms. The van der Waals surface area contributed by atoms with E-state index in [-0.39, 0.29) is 5.78 Å². The molecule has 0 aliphatic rings. The molecular weight excluding hydrogens is 270 g/mol. The molecule has 0 amide bonds. The topological polar surface area (TPSA) is 39.2 Å². The molecule has 0 saturated heterocycles. The third kappa shape index (κ3) is 3.67. The second kappa shape index (κ2) is 6.66. The Hall–Kier alpha value is -1.68. The zero-order chi connectivity index (χ0) is 14.5. The molecule has 0 aliphatic carbocycles. The van der Waals surface area contributed by atoms with Gasteiger partial charge >= 0.3 is 0 Å². The highest BCUT2D eigenvalue weighted by molar-refractivity contribution is 7.11. The first kappa shape index (κ1) is 14.7. The van der Waals surface area contributed by atoms with E-state index < -0.39 is 0 Å². The van der Waals surface area contributed by atoms with Crippen molar-refractivity contribution in [1.29, 1.82) is 0 Å². The van der Waals surface area contributed by atoms with Crippen LogP contribution in [0.4, 0.5) is 0 Å². The van der Waals surface area contributed by atoms with Gasteiger partial charge in [0.15, 0.2) is 5.78 Å². The van der Waals surface area contributed by atoms with Crippen molar-refractivity contribution in [2.24, 2.45) is 0 Å². The van der Waals surface area contributed by atoms with E-state index in [9.17, 15) is 4.79 Å². The van der Waals surface area contributed by atoms with Gasteiger partial charge in [-0.15, -0.1) is 11.3 Å². The Morgan fingerprint density at radius 3 is 2.80 bits per heavy atom. The summed E-state index contributed by atoms with van der Waals surface area (Å²) in [7, 11) is 0. The van der Waals surface area contributed by atoms with Crippen LogP contribution in [-0.4, -0.2) is 17.4 Å². The largest absolute Gasteiger partial charge is 0.494 e. The SMILES string of the molecule is CCCOc1cccc(C(=O)Cc2nc(C)c(C)s2)c1. The second-order valence-electron chi connectivity index (χ2n) is 4.73. The maximum atomic E-state index is 12.3. The lowest BCUT2D eigenvalue weighted by Gasteiger charge is -2.06. The van der Waals surface area contributed by atoms with Gasteiger partial charge in [-0.05, 0) is 32.4 Å². The average molecular weight is 289 g/mol. The monoisotopic (exact) mass is 289 g/mol. The number of aromatic nitrogens is 1. The van der Waals surface area contributed by atoms with E-state index in [2.05, 4.69) is 11.9 Å². The molecule has 0 N–H and O–H groups in total. The van der Waals surface area contributed by atoms with E-state index in [0.717, 1.165) is 22.9 Å². The first-order chi connectivity index (χ1) is 9.60. The van der Waals surface area contributed by atoms with E-state index >= 15 is 0 Å². The maximum absolute atomic E-state index is 12.3. The molecule has 0 fully saturated rings. The number of ether oxygens (including phenoxy) is 1. The number of carbonyl (C=O) groups excluding carboxylic acids is 1. The van der Waals surface area contributed by atoms with E-state index in [1.165, 1.54) is 4.88 Å². The summed E-state index contributed by atoms with van der Waals surface area (Å²) in [6.07, 6.45) is 1.31. The number of ketones is 1. The smallest absolute Gasteiger partial charge is 0.169 e. The minimum Gasteiger partial charge on any atom is -0.494 e. The number of Topliss-reactive ketones (excluding diaryl/α,β-unsaturated/α-hetero) is 1. The van der Waals surface area contributed by atoms with Gasteiger partial charge in [0.1, 0.15) is 10.8 Å². The summed E-state index contributed by atoms with van der Waals surface area (Å²) in [4.78, 5) is 17.9. The van der Waals surface area contributed by atoms with Crippen LogP contribution in [0.5, 0.6) is 5.75 Å². The van der Waals surface area contributed by atoms with Crippen molar-refractivity contribution in [3.63, 3.8) is 0 Å². The van der Waals surface area contributed by atoms with Gasteiger partial charge in [-0.25, -0.2) is 4.98 Å². The molecule has 1 heterocycles. The Morgan fingerprint density at radius 2 is 2.15 bits per heavy atom. The first-order valence-electron chi connectivity index (χ1n) is 6.79. The summed E-state index contributed by atoms with van der Waals surface area (Å²) in [6.45, 7) is 6.73. The highest BCUT2D eigenvalue weighted by Crippen LogP contribution is 2.20. The molecule has 0 spiro atoms. The lowest BCUT2D eigenvalue weighted by atomic mass is 10.1. The molecule has 2 rings (SSSR count). The molecule has 0 unspecified atom stereocenters. The van der Waals surface area contributed by atoms with Crippen molar-refractivity contribution in [3.8, 4) is 5.75 Å². The van der Waals surface area contributed by atoms with E-state index in [0.29, 0.717) is 18.6 Å². The normalized spacial score (nSPS) is 10.6. The lowest BCUT2D eigenvalue weighted by molar-refractivity contribution is 0.0992. The summed E-state index contributed by atoms with van der Waals surface area (Å²) in [5.41, 5.74) is 1.70. The van der Waals surface area contributed by atoms with Gasteiger partial charge < -0.3 is 4.74 Å². The van der Waals surface area contributed by atoms with Crippen LogP contribution in [0.3, 0.4) is 0 Å². The molecule has 4 heteroatoms. The molecule has 20 heavy (non-hydrogen) atoms. The van der Waals surface area contributed by atoms with Crippen LogP contribution >= 0.6 is 11.3 Å². The van der Waals surface area contributed by atoms with Crippen molar-refractivity contribution in [3.05, 3.63) is 45.4 Å². The van der Waals surface area contributed by atoms with Crippen molar-refractivity contribution in [1.82, 2.24) is 4.98 Å². The molecule has 0 atom stereocenters. The van der Waals surface area contributed by atoms with Crippen LogP contribution in [0.25, 0.3) is 0 Å². The fraction of sp³-hybridized carbons (Fsp3) is 0.375. The highest BCUT2D eigenvalue weighted by Gasteiger charge is 2.12. The minimum atomic E-state index is 0.0840. The summed E-state index contributed by atoms with van der Waals surface area (Å²) in [5, 5.41) is 0.880. The first-order valence-corrected chi connectivity index (χ1v) is 7.60. The quantitative estimate of drug-likeness (QED) is 0.755. The van der Waals surface area contributed by atoms with Crippen LogP contribution < -0.4 is 4.74 Å². The summed E-state index contributed by atoms with van der Waals surface area (Å²) < 4.78 is 5.55. The van der Waals surface area contributed by atoms with Crippen molar-refractivity contribution in [2.45, 2.75) is 33.6 Å². The predicted octanol–water partition coefficient (Wildman–Crippen LogP) is 3.97. The second-order valence-corrected chi connectivity index (χ2v) is 6.01. The van der Waals surface area contributed by atoms with Gasteiger partial charge in [-0.3, -0.25) is 4.79 Å². The van der Waals surface area contributed by atoms with Gasteiger partial charge in [-0.1, -0.05) is 19.1 Å². The number of nitrogens with zero attached hydrogens (tertiary/aromatic N) is 1. The third-order valence-electron chi connectivity index (χ3n) is 3.01. The van der Waals surface area contributed by atoms with Crippen molar-refractivity contribution >= 4 is 17.1 Å². The molecule has 0 saturated carbocycles. The van der Waals surface area contributed by atoms with Gasteiger partial charge in [0, 0.05) is 10.4 Å². The molecule has 3 nitrogen and oxygen atoms in total. The number of carbonyl (C=O) groups is 1. The fourth-order valence-corrected chi connectivity index (χ4v) is 2.77. The Balaban J connectivity index is 2.08. The van der Waals surface area contributed by atoms with Crippen LogP contribution in [0.2, 0.25) is 0 Å². The molecule has 0 radical (unpaired) electrons. The highest BCUT2D eigenvalue weighted by atomic mass is 32.1. The Bertz CT molecular complexity index is 585. The zero-order valence-electron chi connectivity index (χ0n) is 12.1. The molecule has 0 aliphatic heterocycles. The number of rotatable bonds is 6. The van der Waals surface area contributed by atoms with Gasteiger partial charge in [0.25, 0.3) is 0 Å². The maximum Gasteiger partial charge on any atom is 0.169 e. The van der Waals surface area contributed by atoms with Crippen LogP contribution in [-0.2, 0) is 6.42 Å². The van der Waals surface area contributed by atoms with Crippen molar-refractivity contribution in [2.75, 3.05) is 6.61 Å². The third-order valence-corrected chi connectivity index (χ3v) is 4.09. The molecule has 1 aromatic carbocycles. The van der Waals surface area contributed by atoms with Crippen LogP contribution in [0, 0.1) is 13.8 Å². The Morgan fingerprint density at radius 1 is 1.35 bits per heavy atom. The molecule has 2 aromatic rings. The predicted molar refractivity (Wildman–Crippen MR) is 81.9 cm³/mol. The standard InChI is InChI=1S/C16H19NO2S/c1-4-8-19-14-7-5-6-13(9-14)15(18)10-16-17-11(2)12(3)20-16/h5-7,9H,4,8,10H2,1-3H3. The summed E-state index contributed by atoms with van der Waals surface area (Å²) in [5.74, 6) is 0.838. The average Bonchev–Trinajstić information content (AvgIpc) is 2.75. The van der Waals surface area contributed by atoms with E-state index in [4.69, 9.17) is 4.74 Å². The zero-order valence-corrected chi connectivity index (χ0v) is 12.9. The number of hydrogen-bond donors (Lipinski definition) is 0. The van der Waals surface area contributed by atoms with Crippen LogP contribution in [0.1, 0.15) is 39.3 Å². The molecule has 1 aromatic heterocycles. The number of aryl methyl sites for hydroxylation is 2. The van der Waals surface area contributed by atoms with E-state index in [1.807, 2.05) is 38.1 Å². The Labute approximate surface area is 123 Å². The lowest BCUT2D eigenvalue weighted by Crippen LogP contribution is -2.04. The number of hydrogen-bond acceptors (Lipinski definition) is 4. The van der Waals surface area contributed by atoms with Gasteiger partial charge in [-0.2, -0.15) is 0 Å². The van der Waals surface area contributed by atoms with Crippen molar-refractivity contribution < 1.29 is 9.53 Å². The minimum absolute atomic E-state index is 0.0840. The van der Waals surface area contributed by atoms with Gasteiger partial charge in [0.2, 0.25) is 0 Å². The number of benzene rings is 1. The molecule has 106 valence electrons. The number of thiazole rings is 1. The van der Waals surface area contributed by atoms with Gasteiger partial charge in [0.05, 0.1) is 18.7 Å². The fourth-order valence-electron chi connectivity index (χ4n) is 1.83.